The van der Waals surface area contributed by atoms with E-state index in [2.05, 4.69) is 39.1 Å². The minimum absolute atomic E-state index is 0.458. The molecule has 1 aromatic carbocycles. The van der Waals surface area contributed by atoms with Crippen molar-refractivity contribution in [1.29, 1.82) is 0 Å². The number of nitrogens with zero attached hydrogens (tertiary/aromatic N) is 2. The average Bonchev–Trinajstić information content (AvgIpc) is 3.16. The van der Waals surface area contributed by atoms with Crippen molar-refractivity contribution in [2.75, 3.05) is 6.54 Å². The van der Waals surface area contributed by atoms with Crippen LogP contribution in [-0.2, 0) is 13.1 Å². The first kappa shape index (κ1) is 11.1. The van der Waals surface area contributed by atoms with Gasteiger partial charge in [-0.05, 0) is 37.1 Å². The minimum atomic E-state index is 0.458. The van der Waals surface area contributed by atoms with Crippen LogP contribution in [0.5, 0.6) is 5.75 Å². The quantitative estimate of drug-likeness (QED) is 0.913. The molecule has 0 unspecified atom stereocenters. The second-order valence-corrected chi connectivity index (χ2v) is 5.23. The predicted octanol–water partition coefficient (Wildman–Crippen LogP) is 2.19. The van der Waals surface area contributed by atoms with Crippen LogP contribution in [0.3, 0.4) is 0 Å². The summed E-state index contributed by atoms with van der Waals surface area (Å²) in [5.74, 6) is 2.10. The lowest BCUT2D eigenvalue weighted by Crippen LogP contribution is -2.28. The molecule has 19 heavy (non-hydrogen) atoms. The van der Waals surface area contributed by atoms with E-state index < -0.39 is 0 Å². The van der Waals surface area contributed by atoms with Gasteiger partial charge in [-0.3, -0.25) is 0 Å². The summed E-state index contributed by atoms with van der Waals surface area (Å²) in [7, 11) is 0. The SMILES string of the molecule is c1cc(-c2cnc3n2CCNC3)ccc1OC1CC1. The van der Waals surface area contributed by atoms with Crippen LogP contribution in [0.25, 0.3) is 11.3 Å². The van der Waals surface area contributed by atoms with Gasteiger partial charge in [0.2, 0.25) is 0 Å². The number of aromatic nitrogens is 2. The van der Waals surface area contributed by atoms with Gasteiger partial charge in [0.25, 0.3) is 0 Å². The number of hydrogen-bond acceptors (Lipinski definition) is 3. The summed E-state index contributed by atoms with van der Waals surface area (Å²) in [6, 6.07) is 8.39. The molecule has 2 aromatic rings. The molecular weight excluding hydrogens is 238 g/mol. The van der Waals surface area contributed by atoms with Crippen LogP contribution in [0.15, 0.2) is 30.5 Å². The monoisotopic (exact) mass is 255 g/mol. The largest absolute Gasteiger partial charge is 0.490 e. The summed E-state index contributed by atoms with van der Waals surface area (Å²) in [6.45, 7) is 2.87. The van der Waals surface area contributed by atoms with Crippen molar-refractivity contribution in [3.8, 4) is 17.0 Å². The molecule has 0 spiro atoms. The van der Waals surface area contributed by atoms with E-state index in [0.29, 0.717) is 6.10 Å². The van der Waals surface area contributed by atoms with Gasteiger partial charge in [0.1, 0.15) is 11.6 Å². The molecule has 0 bridgehead atoms. The highest BCUT2D eigenvalue weighted by Crippen LogP contribution is 2.29. The molecule has 0 saturated heterocycles. The number of rotatable bonds is 3. The Morgan fingerprint density at radius 3 is 2.84 bits per heavy atom. The van der Waals surface area contributed by atoms with Crippen LogP contribution in [0.2, 0.25) is 0 Å². The molecule has 98 valence electrons. The van der Waals surface area contributed by atoms with Gasteiger partial charge in [-0.25, -0.2) is 4.98 Å². The van der Waals surface area contributed by atoms with Crippen molar-refractivity contribution >= 4 is 0 Å². The smallest absolute Gasteiger partial charge is 0.123 e. The van der Waals surface area contributed by atoms with Gasteiger partial charge in [0.15, 0.2) is 0 Å². The number of benzene rings is 1. The first-order chi connectivity index (χ1) is 9.40. The molecule has 1 saturated carbocycles. The van der Waals surface area contributed by atoms with Gasteiger partial charge >= 0.3 is 0 Å². The van der Waals surface area contributed by atoms with Crippen molar-refractivity contribution in [2.24, 2.45) is 0 Å². The molecule has 1 aliphatic heterocycles. The van der Waals surface area contributed by atoms with Crippen LogP contribution >= 0.6 is 0 Å². The Balaban J connectivity index is 1.62. The second kappa shape index (κ2) is 4.38. The summed E-state index contributed by atoms with van der Waals surface area (Å²) >= 11 is 0. The standard InChI is InChI=1S/C15H17N3O/c1-3-12(19-13-5-6-13)4-2-11(1)14-9-17-15-10-16-7-8-18(14)15/h1-4,9,13,16H,5-8,10H2. The van der Waals surface area contributed by atoms with Gasteiger partial charge in [0.05, 0.1) is 24.5 Å². The first-order valence-electron chi connectivity index (χ1n) is 6.92. The van der Waals surface area contributed by atoms with Crippen LogP contribution in [0, 0.1) is 0 Å². The Morgan fingerprint density at radius 1 is 1.21 bits per heavy atom. The zero-order valence-electron chi connectivity index (χ0n) is 10.8. The van der Waals surface area contributed by atoms with E-state index in [0.717, 1.165) is 31.2 Å². The molecule has 4 rings (SSSR count). The van der Waals surface area contributed by atoms with Crippen LogP contribution < -0.4 is 10.1 Å². The number of ether oxygens (including phenoxy) is 1. The Labute approximate surface area is 112 Å². The lowest BCUT2D eigenvalue weighted by atomic mass is 10.1. The lowest BCUT2D eigenvalue weighted by molar-refractivity contribution is 0.303. The molecule has 2 heterocycles. The minimum Gasteiger partial charge on any atom is -0.490 e. The molecule has 0 atom stereocenters. The van der Waals surface area contributed by atoms with Crippen molar-refractivity contribution in [3.63, 3.8) is 0 Å². The highest BCUT2D eigenvalue weighted by Gasteiger charge is 2.23. The number of hydrogen-bond donors (Lipinski definition) is 1. The molecule has 4 heteroatoms. The molecule has 1 N–H and O–H groups in total. The number of imidazole rings is 1. The van der Waals surface area contributed by atoms with E-state index in [1.807, 2.05) is 6.20 Å². The van der Waals surface area contributed by atoms with Crippen LogP contribution in [0.4, 0.5) is 0 Å². The van der Waals surface area contributed by atoms with E-state index in [1.54, 1.807) is 0 Å². The Kier molecular flexibility index (Phi) is 2.55. The molecule has 1 fully saturated rings. The zero-order valence-corrected chi connectivity index (χ0v) is 10.8. The van der Waals surface area contributed by atoms with Gasteiger partial charge in [0, 0.05) is 18.7 Å². The molecule has 0 radical (unpaired) electrons. The highest BCUT2D eigenvalue weighted by atomic mass is 16.5. The summed E-state index contributed by atoms with van der Waals surface area (Å²) in [5, 5.41) is 3.34. The third kappa shape index (κ3) is 2.12. The second-order valence-electron chi connectivity index (χ2n) is 5.23. The topological polar surface area (TPSA) is 39.1 Å². The summed E-state index contributed by atoms with van der Waals surface area (Å²) in [4.78, 5) is 4.48. The van der Waals surface area contributed by atoms with E-state index in [9.17, 15) is 0 Å². The normalized spacial score (nSPS) is 18.1. The maximum Gasteiger partial charge on any atom is 0.123 e. The molecule has 2 aliphatic rings. The van der Waals surface area contributed by atoms with Crippen LogP contribution in [-0.4, -0.2) is 22.2 Å². The summed E-state index contributed by atoms with van der Waals surface area (Å²) < 4.78 is 8.08. The van der Waals surface area contributed by atoms with Crippen molar-refractivity contribution in [1.82, 2.24) is 14.9 Å². The van der Waals surface area contributed by atoms with E-state index in [4.69, 9.17) is 4.74 Å². The fourth-order valence-electron chi connectivity index (χ4n) is 2.51. The molecule has 1 aliphatic carbocycles. The van der Waals surface area contributed by atoms with Gasteiger partial charge in [-0.2, -0.15) is 0 Å². The number of nitrogens with one attached hydrogen (secondary N) is 1. The van der Waals surface area contributed by atoms with Crippen molar-refractivity contribution < 1.29 is 4.74 Å². The average molecular weight is 255 g/mol. The lowest BCUT2D eigenvalue weighted by Gasteiger charge is -2.17. The van der Waals surface area contributed by atoms with Crippen LogP contribution in [0.1, 0.15) is 18.7 Å². The van der Waals surface area contributed by atoms with Crippen molar-refractivity contribution in [3.05, 3.63) is 36.3 Å². The Morgan fingerprint density at radius 2 is 2.05 bits per heavy atom. The first-order valence-corrected chi connectivity index (χ1v) is 6.92. The predicted molar refractivity (Wildman–Crippen MR) is 73.0 cm³/mol. The Bertz CT molecular complexity index is 584. The fourth-order valence-corrected chi connectivity index (χ4v) is 2.51. The van der Waals surface area contributed by atoms with Crippen molar-refractivity contribution in [2.45, 2.75) is 32.0 Å². The van der Waals surface area contributed by atoms with Gasteiger partial charge < -0.3 is 14.6 Å². The highest BCUT2D eigenvalue weighted by molar-refractivity contribution is 5.60. The maximum atomic E-state index is 5.78. The van der Waals surface area contributed by atoms with E-state index >= 15 is 0 Å². The Hall–Kier alpha value is -1.81. The van der Waals surface area contributed by atoms with Gasteiger partial charge in [-0.15, -0.1) is 0 Å². The summed E-state index contributed by atoms with van der Waals surface area (Å²) in [6.07, 6.45) is 4.83. The zero-order chi connectivity index (χ0) is 12.7. The molecule has 0 amide bonds. The third-order valence-corrected chi connectivity index (χ3v) is 3.71. The molecule has 4 nitrogen and oxygen atoms in total. The summed E-state index contributed by atoms with van der Waals surface area (Å²) in [5.41, 5.74) is 2.42. The van der Waals surface area contributed by atoms with E-state index in [1.165, 1.54) is 24.1 Å². The number of fused-ring (bicyclic) bond motifs is 1. The fraction of sp³-hybridized carbons (Fsp3) is 0.400. The molecule has 1 aromatic heterocycles. The van der Waals surface area contributed by atoms with E-state index in [-0.39, 0.29) is 0 Å². The third-order valence-electron chi connectivity index (χ3n) is 3.71. The molecular formula is C15H17N3O. The van der Waals surface area contributed by atoms with Gasteiger partial charge in [-0.1, -0.05) is 0 Å². The maximum absolute atomic E-state index is 5.78.